The van der Waals surface area contributed by atoms with Crippen molar-refractivity contribution in [3.05, 3.63) is 34.9 Å². The third-order valence-electron chi connectivity index (χ3n) is 3.36. The maximum absolute atomic E-state index is 4.57. The lowest BCUT2D eigenvalue weighted by molar-refractivity contribution is 0.575. The van der Waals surface area contributed by atoms with Crippen LogP contribution in [0.5, 0.6) is 0 Å². The lowest BCUT2D eigenvalue weighted by Crippen LogP contribution is -2.30. The molecule has 2 heterocycles. The Labute approximate surface area is 110 Å². The van der Waals surface area contributed by atoms with Gasteiger partial charge in [-0.15, -0.1) is 0 Å². The fourth-order valence-electron chi connectivity index (χ4n) is 2.49. The highest BCUT2D eigenvalue weighted by molar-refractivity contribution is 9.10. The van der Waals surface area contributed by atoms with Crippen molar-refractivity contribution < 1.29 is 0 Å². The van der Waals surface area contributed by atoms with Crippen LogP contribution in [0.2, 0.25) is 0 Å². The van der Waals surface area contributed by atoms with E-state index in [0.717, 1.165) is 23.4 Å². The highest BCUT2D eigenvalue weighted by atomic mass is 79.9. The Morgan fingerprint density at radius 3 is 2.71 bits per heavy atom. The van der Waals surface area contributed by atoms with Crippen LogP contribution in [0.1, 0.15) is 19.3 Å². The average molecular weight is 291 g/mol. The van der Waals surface area contributed by atoms with Gasteiger partial charge in [0.1, 0.15) is 5.82 Å². The van der Waals surface area contributed by atoms with Crippen molar-refractivity contribution >= 4 is 32.5 Å². The van der Waals surface area contributed by atoms with E-state index in [2.05, 4.69) is 50.1 Å². The fourth-order valence-corrected chi connectivity index (χ4v) is 2.87. The molecule has 1 fully saturated rings. The Hall–Kier alpha value is -1.09. The lowest BCUT2D eigenvalue weighted by Gasteiger charge is -2.28. The van der Waals surface area contributed by atoms with Gasteiger partial charge in [-0.25, -0.2) is 4.98 Å². The van der Waals surface area contributed by atoms with E-state index in [1.54, 1.807) is 0 Å². The van der Waals surface area contributed by atoms with Gasteiger partial charge in [-0.1, -0.05) is 15.9 Å². The first-order valence-corrected chi connectivity index (χ1v) is 6.93. The minimum Gasteiger partial charge on any atom is -0.356 e. The van der Waals surface area contributed by atoms with E-state index in [1.807, 2.05) is 6.20 Å². The maximum Gasteiger partial charge on any atom is 0.136 e. The summed E-state index contributed by atoms with van der Waals surface area (Å²) in [5, 5.41) is 2.52. The molecule has 3 rings (SSSR count). The lowest BCUT2D eigenvalue weighted by atomic mass is 10.1. The molecule has 2 nitrogen and oxygen atoms in total. The minimum atomic E-state index is 1.13. The summed E-state index contributed by atoms with van der Waals surface area (Å²) >= 11 is 3.52. The summed E-state index contributed by atoms with van der Waals surface area (Å²) in [7, 11) is 0. The summed E-state index contributed by atoms with van der Waals surface area (Å²) in [4.78, 5) is 6.99. The number of anilines is 1. The van der Waals surface area contributed by atoms with E-state index >= 15 is 0 Å². The van der Waals surface area contributed by atoms with Crippen LogP contribution in [-0.4, -0.2) is 18.1 Å². The van der Waals surface area contributed by atoms with Crippen LogP contribution in [0.3, 0.4) is 0 Å². The molecular formula is C14H15BrN2. The quantitative estimate of drug-likeness (QED) is 0.790. The Morgan fingerprint density at radius 1 is 1.06 bits per heavy atom. The third kappa shape index (κ3) is 2.16. The first kappa shape index (κ1) is 11.0. The van der Waals surface area contributed by atoms with Crippen LogP contribution >= 0.6 is 15.9 Å². The zero-order valence-electron chi connectivity index (χ0n) is 9.69. The van der Waals surface area contributed by atoms with Gasteiger partial charge in [0, 0.05) is 29.1 Å². The van der Waals surface area contributed by atoms with Gasteiger partial charge < -0.3 is 4.90 Å². The largest absolute Gasteiger partial charge is 0.356 e. The second kappa shape index (κ2) is 4.65. The predicted octanol–water partition coefficient (Wildman–Crippen LogP) is 3.99. The van der Waals surface area contributed by atoms with E-state index in [1.165, 1.54) is 30.0 Å². The molecule has 1 saturated heterocycles. The second-order valence-electron chi connectivity index (χ2n) is 4.55. The van der Waals surface area contributed by atoms with Crippen LogP contribution in [-0.2, 0) is 0 Å². The topological polar surface area (TPSA) is 16.1 Å². The van der Waals surface area contributed by atoms with E-state index < -0.39 is 0 Å². The van der Waals surface area contributed by atoms with Gasteiger partial charge in [0.05, 0.1) is 0 Å². The molecule has 0 radical (unpaired) electrons. The SMILES string of the molecule is Brc1ccc2c(N3CCCCC3)nccc2c1. The molecule has 0 aliphatic carbocycles. The van der Waals surface area contributed by atoms with Crippen molar-refractivity contribution in [3.63, 3.8) is 0 Å². The molecule has 17 heavy (non-hydrogen) atoms. The van der Waals surface area contributed by atoms with Crippen LogP contribution < -0.4 is 4.90 Å². The van der Waals surface area contributed by atoms with Gasteiger partial charge in [-0.05, 0) is 48.9 Å². The maximum atomic E-state index is 4.57. The highest BCUT2D eigenvalue weighted by Gasteiger charge is 2.14. The Bertz CT molecular complexity index is 533. The number of nitrogens with zero attached hydrogens (tertiary/aromatic N) is 2. The molecule has 2 aromatic rings. The monoisotopic (exact) mass is 290 g/mol. The van der Waals surface area contributed by atoms with E-state index in [-0.39, 0.29) is 0 Å². The number of hydrogen-bond acceptors (Lipinski definition) is 2. The molecule has 0 saturated carbocycles. The number of pyridine rings is 1. The van der Waals surface area contributed by atoms with Gasteiger partial charge in [-0.2, -0.15) is 0 Å². The number of benzene rings is 1. The van der Waals surface area contributed by atoms with Gasteiger partial charge in [0.2, 0.25) is 0 Å². The van der Waals surface area contributed by atoms with Gasteiger partial charge in [-0.3, -0.25) is 0 Å². The van der Waals surface area contributed by atoms with Crippen molar-refractivity contribution in [1.29, 1.82) is 0 Å². The predicted molar refractivity (Wildman–Crippen MR) is 75.5 cm³/mol. The summed E-state index contributed by atoms with van der Waals surface area (Å²) in [5.41, 5.74) is 0. The summed E-state index contributed by atoms with van der Waals surface area (Å²) in [6.45, 7) is 2.28. The van der Waals surface area contributed by atoms with Gasteiger partial charge in [0.15, 0.2) is 0 Å². The summed E-state index contributed by atoms with van der Waals surface area (Å²) < 4.78 is 1.13. The molecular weight excluding hydrogens is 276 g/mol. The van der Waals surface area contributed by atoms with Crippen LogP contribution in [0, 0.1) is 0 Å². The van der Waals surface area contributed by atoms with Crippen molar-refractivity contribution in [3.8, 4) is 0 Å². The molecule has 1 aromatic heterocycles. The normalized spacial score (nSPS) is 16.4. The summed E-state index contributed by atoms with van der Waals surface area (Å²) in [6.07, 6.45) is 5.84. The average Bonchev–Trinajstić information content (AvgIpc) is 2.39. The highest BCUT2D eigenvalue weighted by Crippen LogP contribution is 2.28. The van der Waals surface area contributed by atoms with Crippen LogP contribution in [0.15, 0.2) is 34.9 Å². The number of hydrogen-bond donors (Lipinski definition) is 0. The minimum absolute atomic E-state index is 1.13. The molecule has 1 aromatic carbocycles. The molecule has 0 amide bonds. The molecule has 1 aliphatic heterocycles. The van der Waals surface area contributed by atoms with Crippen LogP contribution in [0.25, 0.3) is 10.8 Å². The van der Waals surface area contributed by atoms with Crippen molar-refractivity contribution in [2.45, 2.75) is 19.3 Å². The van der Waals surface area contributed by atoms with E-state index in [9.17, 15) is 0 Å². The molecule has 0 atom stereocenters. The van der Waals surface area contributed by atoms with Gasteiger partial charge in [0.25, 0.3) is 0 Å². The molecule has 88 valence electrons. The standard InChI is InChI=1S/C14H15BrN2/c15-12-4-5-13-11(10-12)6-7-16-14(13)17-8-2-1-3-9-17/h4-7,10H,1-3,8-9H2. The Kier molecular flexibility index (Phi) is 3.02. The number of halogens is 1. The molecule has 0 spiro atoms. The second-order valence-corrected chi connectivity index (χ2v) is 5.46. The number of piperidine rings is 1. The zero-order chi connectivity index (χ0) is 11.7. The Morgan fingerprint density at radius 2 is 1.88 bits per heavy atom. The molecule has 3 heteroatoms. The van der Waals surface area contributed by atoms with E-state index in [0.29, 0.717) is 0 Å². The third-order valence-corrected chi connectivity index (χ3v) is 3.85. The fraction of sp³-hybridized carbons (Fsp3) is 0.357. The summed E-state index contributed by atoms with van der Waals surface area (Å²) in [5.74, 6) is 1.15. The summed E-state index contributed by atoms with van der Waals surface area (Å²) in [6, 6.07) is 8.49. The zero-order valence-corrected chi connectivity index (χ0v) is 11.3. The molecule has 0 unspecified atom stereocenters. The number of fused-ring (bicyclic) bond motifs is 1. The van der Waals surface area contributed by atoms with E-state index in [4.69, 9.17) is 0 Å². The smallest absolute Gasteiger partial charge is 0.136 e. The van der Waals surface area contributed by atoms with Crippen molar-refractivity contribution in [1.82, 2.24) is 4.98 Å². The van der Waals surface area contributed by atoms with Crippen molar-refractivity contribution in [2.24, 2.45) is 0 Å². The first-order chi connectivity index (χ1) is 8.34. The number of rotatable bonds is 1. The van der Waals surface area contributed by atoms with Gasteiger partial charge >= 0.3 is 0 Å². The Balaban J connectivity index is 2.09. The number of aromatic nitrogens is 1. The first-order valence-electron chi connectivity index (χ1n) is 6.14. The molecule has 0 bridgehead atoms. The molecule has 1 aliphatic rings. The van der Waals surface area contributed by atoms with Crippen LogP contribution in [0.4, 0.5) is 5.82 Å². The molecule has 0 N–H and O–H groups in total. The van der Waals surface area contributed by atoms with Crippen molar-refractivity contribution in [2.75, 3.05) is 18.0 Å².